The minimum Gasteiger partial charge on any atom is -0.755 e. The summed E-state index contributed by atoms with van der Waals surface area (Å²) in [4.78, 5) is 8.91. The molecule has 7 nitrogen and oxygen atoms in total. The van der Waals surface area contributed by atoms with Crippen molar-refractivity contribution in [3.63, 3.8) is 0 Å². The molecule has 0 bridgehead atoms. The van der Waals surface area contributed by atoms with Crippen molar-refractivity contribution in [3.8, 4) is 11.3 Å². The number of nitrogens with one attached hydrogen (secondary N) is 1. The van der Waals surface area contributed by atoms with Crippen LogP contribution in [-0.2, 0) is 11.3 Å². The van der Waals surface area contributed by atoms with Gasteiger partial charge in [0.15, 0.2) is 0 Å². The molecule has 3 N–H and O–H groups in total. The molecule has 0 radical (unpaired) electrons. The summed E-state index contributed by atoms with van der Waals surface area (Å²) in [5.74, 6) is 0.503. The van der Waals surface area contributed by atoms with Gasteiger partial charge in [0, 0.05) is 29.2 Å². The average Bonchev–Trinajstić information content (AvgIpc) is 3.00. The summed E-state index contributed by atoms with van der Waals surface area (Å²) >= 11 is 3.95. The molecule has 1 aromatic carbocycles. The fraction of sp³-hybridized carbons (Fsp3) is 0.368. The van der Waals surface area contributed by atoms with Crippen LogP contribution in [0.5, 0.6) is 0 Å². The van der Waals surface area contributed by atoms with E-state index in [1.807, 2.05) is 12.1 Å². The Morgan fingerprint density at radius 2 is 2.04 bits per heavy atom. The smallest absolute Gasteiger partial charge is 0.223 e. The van der Waals surface area contributed by atoms with Crippen LogP contribution in [0.4, 0.5) is 5.95 Å². The maximum atomic E-state index is 11.6. The summed E-state index contributed by atoms with van der Waals surface area (Å²) < 4.78 is 24.4. The molecule has 1 atom stereocenters. The maximum Gasteiger partial charge on any atom is 0.223 e. The highest BCUT2D eigenvalue weighted by Crippen LogP contribution is 2.55. The van der Waals surface area contributed by atoms with Gasteiger partial charge in [0.2, 0.25) is 5.95 Å². The van der Waals surface area contributed by atoms with Crippen LogP contribution < -0.4 is 11.1 Å². The Hall–Kier alpha value is -2.00. The van der Waals surface area contributed by atoms with Gasteiger partial charge in [-0.3, -0.25) is 8.18 Å². The first kappa shape index (κ1) is 18.1. The number of halogens is 1. The zero-order valence-electron chi connectivity index (χ0n) is 15.0. The number of fused-ring (bicyclic) bond motifs is 1. The molecule has 2 aliphatic carbocycles. The standard InChI is InChI=1S/C19H20ClN5O2S/c20-15-9-22-18(23-12-7-19(8-12)5-11(21)6-19)24-17(15)14-10-25(28(26)27)16-4-2-1-3-13(14)16/h1-4,9-12H,5-8,21H2,(H,26,27)(H,22,23,24)/p-1. The van der Waals surface area contributed by atoms with Gasteiger partial charge < -0.3 is 15.6 Å². The van der Waals surface area contributed by atoms with E-state index in [1.165, 1.54) is 3.97 Å². The number of nitrogens with zero attached hydrogens (tertiary/aromatic N) is 3. The molecule has 146 valence electrons. The van der Waals surface area contributed by atoms with Gasteiger partial charge in [-0.25, -0.2) is 9.97 Å². The lowest BCUT2D eigenvalue weighted by Gasteiger charge is -2.57. The molecule has 5 rings (SSSR count). The molecule has 3 aromatic rings. The highest BCUT2D eigenvalue weighted by molar-refractivity contribution is 7.77. The van der Waals surface area contributed by atoms with Crippen LogP contribution in [0, 0.1) is 5.41 Å². The molecule has 2 heterocycles. The topological polar surface area (TPSA) is 109 Å². The molecule has 2 aromatic heterocycles. The number of nitrogens with two attached hydrogens (primary N) is 1. The lowest BCUT2D eigenvalue weighted by atomic mass is 9.52. The lowest BCUT2D eigenvalue weighted by molar-refractivity contribution is 0.000995. The minimum absolute atomic E-state index is 0.331. The van der Waals surface area contributed by atoms with E-state index in [9.17, 15) is 8.76 Å². The first-order valence-electron chi connectivity index (χ1n) is 9.19. The number of anilines is 1. The molecule has 0 saturated heterocycles. The van der Waals surface area contributed by atoms with E-state index >= 15 is 0 Å². The third-order valence-electron chi connectivity index (χ3n) is 5.92. The van der Waals surface area contributed by atoms with E-state index in [4.69, 9.17) is 17.3 Å². The Morgan fingerprint density at radius 1 is 1.29 bits per heavy atom. The molecule has 0 amide bonds. The highest BCUT2D eigenvalue weighted by Gasteiger charge is 2.51. The Bertz CT molecular complexity index is 1090. The summed E-state index contributed by atoms with van der Waals surface area (Å²) in [6.07, 6.45) is 7.46. The van der Waals surface area contributed by atoms with Crippen molar-refractivity contribution in [2.75, 3.05) is 5.32 Å². The summed E-state index contributed by atoms with van der Waals surface area (Å²) in [7, 11) is 0. The SMILES string of the molecule is NC1CC2(C1)CC(Nc1ncc(Cl)c(-c3cn(S(=O)[O-])c4ccccc34)n1)C2. The van der Waals surface area contributed by atoms with Crippen molar-refractivity contribution < 1.29 is 8.76 Å². The Balaban J connectivity index is 1.46. The predicted octanol–water partition coefficient (Wildman–Crippen LogP) is 3.08. The third-order valence-corrected chi connectivity index (χ3v) is 6.82. The van der Waals surface area contributed by atoms with Crippen LogP contribution >= 0.6 is 11.6 Å². The lowest BCUT2D eigenvalue weighted by Crippen LogP contribution is -2.57. The Morgan fingerprint density at radius 3 is 2.75 bits per heavy atom. The van der Waals surface area contributed by atoms with Crippen molar-refractivity contribution in [1.29, 1.82) is 0 Å². The second-order valence-corrected chi connectivity index (χ2v) is 9.15. The number of hydrogen-bond acceptors (Lipinski definition) is 6. The van der Waals surface area contributed by atoms with Gasteiger partial charge in [-0.1, -0.05) is 29.8 Å². The largest absolute Gasteiger partial charge is 0.755 e. The van der Waals surface area contributed by atoms with Gasteiger partial charge >= 0.3 is 0 Å². The molecule has 1 spiro atoms. The van der Waals surface area contributed by atoms with Crippen LogP contribution in [0.15, 0.2) is 36.7 Å². The first-order chi connectivity index (χ1) is 13.4. The molecule has 9 heteroatoms. The fourth-order valence-corrected chi connectivity index (χ4v) is 5.45. The molecule has 2 saturated carbocycles. The second kappa shape index (κ2) is 6.52. The molecule has 1 unspecified atom stereocenters. The predicted molar refractivity (Wildman–Crippen MR) is 109 cm³/mol. The van der Waals surface area contributed by atoms with Crippen molar-refractivity contribution in [1.82, 2.24) is 13.9 Å². The number of benzene rings is 1. The van der Waals surface area contributed by atoms with Crippen LogP contribution in [0.1, 0.15) is 25.7 Å². The van der Waals surface area contributed by atoms with Gasteiger partial charge in [0.1, 0.15) is 0 Å². The molecule has 2 fully saturated rings. The summed E-state index contributed by atoms with van der Waals surface area (Å²) in [6, 6.07) is 7.94. The van der Waals surface area contributed by atoms with E-state index in [-0.39, 0.29) is 0 Å². The van der Waals surface area contributed by atoms with Gasteiger partial charge in [0.05, 0.1) is 33.7 Å². The second-order valence-electron chi connectivity index (χ2n) is 7.91. The van der Waals surface area contributed by atoms with E-state index in [0.717, 1.165) is 31.1 Å². The maximum absolute atomic E-state index is 11.6. The monoisotopic (exact) mass is 416 g/mol. The normalized spacial score (nSPS) is 27.4. The summed E-state index contributed by atoms with van der Waals surface area (Å²) in [5, 5.41) is 4.52. The fourth-order valence-electron chi connectivity index (χ4n) is 4.74. The van der Waals surface area contributed by atoms with E-state index < -0.39 is 11.3 Å². The van der Waals surface area contributed by atoms with Crippen molar-refractivity contribution in [2.24, 2.45) is 11.1 Å². The first-order valence-corrected chi connectivity index (χ1v) is 10.6. The van der Waals surface area contributed by atoms with Gasteiger partial charge in [0.25, 0.3) is 0 Å². The molecule has 0 aliphatic heterocycles. The minimum atomic E-state index is -2.42. The average molecular weight is 417 g/mol. The van der Waals surface area contributed by atoms with E-state index in [0.29, 0.717) is 45.2 Å². The van der Waals surface area contributed by atoms with Crippen molar-refractivity contribution in [3.05, 3.63) is 41.7 Å². The van der Waals surface area contributed by atoms with Gasteiger partial charge in [-0.05, 0) is 37.2 Å². The van der Waals surface area contributed by atoms with Crippen LogP contribution in [0.3, 0.4) is 0 Å². The van der Waals surface area contributed by atoms with Gasteiger partial charge in [-0.2, -0.15) is 0 Å². The van der Waals surface area contributed by atoms with E-state index in [2.05, 4.69) is 15.3 Å². The Labute approximate surface area is 169 Å². The molecular weight excluding hydrogens is 398 g/mol. The number of hydrogen-bond donors (Lipinski definition) is 2. The zero-order chi connectivity index (χ0) is 19.5. The highest BCUT2D eigenvalue weighted by atomic mass is 35.5. The van der Waals surface area contributed by atoms with Crippen molar-refractivity contribution in [2.45, 2.75) is 37.8 Å². The summed E-state index contributed by atoms with van der Waals surface area (Å²) in [5.41, 5.74) is 8.09. The van der Waals surface area contributed by atoms with Crippen LogP contribution in [0.2, 0.25) is 5.02 Å². The number of para-hydroxylation sites is 1. The number of aromatic nitrogens is 3. The molecule has 28 heavy (non-hydrogen) atoms. The summed E-state index contributed by atoms with van der Waals surface area (Å²) in [6.45, 7) is 0. The van der Waals surface area contributed by atoms with E-state index in [1.54, 1.807) is 24.5 Å². The van der Waals surface area contributed by atoms with Crippen LogP contribution in [-0.4, -0.2) is 34.8 Å². The van der Waals surface area contributed by atoms with Gasteiger partial charge in [-0.15, -0.1) is 0 Å². The third kappa shape index (κ3) is 2.91. The number of rotatable bonds is 4. The Kier molecular flexibility index (Phi) is 4.20. The van der Waals surface area contributed by atoms with Crippen LogP contribution in [0.25, 0.3) is 22.2 Å². The zero-order valence-corrected chi connectivity index (χ0v) is 16.5. The quantitative estimate of drug-likeness (QED) is 0.632. The van der Waals surface area contributed by atoms with Crippen molar-refractivity contribution >= 4 is 39.7 Å². The molecule has 2 aliphatic rings. The molecular formula is C19H19ClN5O2S-.